The fraction of sp³-hybridized carbons (Fsp3) is 0.833. The molecule has 2 aliphatic carbocycles. The molecule has 74 valence electrons. The number of rotatable bonds is 4. The third kappa shape index (κ3) is 2.84. The molecule has 0 unspecified atom stereocenters. The maximum absolute atomic E-state index is 5.94. The van der Waals surface area contributed by atoms with Gasteiger partial charge < -0.3 is 5.73 Å². The summed E-state index contributed by atoms with van der Waals surface area (Å²) in [5, 5.41) is 0. The highest BCUT2D eigenvalue weighted by Crippen LogP contribution is 2.49. The van der Waals surface area contributed by atoms with Crippen molar-refractivity contribution in [2.24, 2.45) is 23.5 Å². The molecular weight excluding hydrogens is 158 g/mol. The first kappa shape index (κ1) is 9.26. The molecule has 0 atom stereocenters. The Labute approximate surface area is 81.4 Å². The van der Waals surface area contributed by atoms with Crippen LogP contribution in [-0.2, 0) is 0 Å². The van der Waals surface area contributed by atoms with E-state index in [9.17, 15) is 0 Å². The van der Waals surface area contributed by atoms with E-state index in [4.69, 9.17) is 5.73 Å². The summed E-state index contributed by atoms with van der Waals surface area (Å²) in [6, 6.07) is 0. The number of hydrogen-bond acceptors (Lipinski definition) is 1. The van der Waals surface area contributed by atoms with Crippen molar-refractivity contribution in [3.05, 3.63) is 12.2 Å². The van der Waals surface area contributed by atoms with Crippen LogP contribution in [0.2, 0.25) is 0 Å². The lowest BCUT2D eigenvalue weighted by atomic mass is 9.94. The number of nitrogens with two attached hydrogens (primary N) is 1. The van der Waals surface area contributed by atoms with Gasteiger partial charge in [-0.25, -0.2) is 0 Å². The second-order valence-corrected chi connectivity index (χ2v) is 5.43. The molecule has 0 saturated heterocycles. The van der Waals surface area contributed by atoms with Crippen LogP contribution in [0, 0.1) is 17.8 Å². The number of allylic oxidation sites excluding steroid dienone is 1. The molecule has 1 nitrogen and oxygen atoms in total. The molecule has 0 amide bonds. The predicted molar refractivity (Wildman–Crippen MR) is 56.3 cm³/mol. The molecule has 2 rings (SSSR count). The van der Waals surface area contributed by atoms with Crippen molar-refractivity contribution in [3.63, 3.8) is 0 Å². The zero-order valence-corrected chi connectivity index (χ0v) is 8.79. The van der Waals surface area contributed by atoms with Gasteiger partial charge in [0.25, 0.3) is 0 Å². The van der Waals surface area contributed by atoms with E-state index in [-0.39, 0.29) is 5.54 Å². The van der Waals surface area contributed by atoms with E-state index in [1.165, 1.54) is 25.7 Å². The smallest absolute Gasteiger partial charge is 0.0281 e. The second kappa shape index (κ2) is 3.13. The van der Waals surface area contributed by atoms with Gasteiger partial charge >= 0.3 is 0 Å². The van der Waals surface area contributed by atoms with Gasteiger partial charge in [-0.05, 0) is 57.3 Å². The van der Waals surface area contributed by atoms with Crippen LogP contribution < -0.4 is 5.73 Å². The SMILES string of the molecule is CC(C)(N)/C=C/C(C1CC1)C1CC1. The molecular formula is C12H21N. The Balaban J connectivity index is 1.92. The molecule has 0 spiro atoms. The van der Waals surface area contributed by atoms with Crippen LogP contribution in [0.25, 0.3) is 0 Å². The van der Waals surface area contributed by atoms with Gasteiger partial charge in [-0.1, -0.05) is 12.2 Å². The third-order valence-electron chi connectivity index (χ3n) is 3.08. The van der Waals surface area contributed by atoms with Crippen molar-refractivity contribution in [2.45, 2.75) is 45.1 Å². The van der Waals surface area contributed by atoms with E-state index in [1.807, 2.05) is 0 Å². The molecule has 2 saturated carbocycles. The van der Waals surface area contributed by atoms with E-state index in [0.717, 1.165) is 17.8 Å². The van der Waals surface area contributed by atoms with Crippen LogP contribution in [0.3, 0.4) is 0 Å². The minimum atomic E-state index is -0.123. The Kier molecular flexibility index (Phi) is 2.23. The van der Waals surface area contributed by atoms with Gasteiger partial charge in [0, 0.05) is 5.54 Å². The highest BCUT2D eigenvalue weighted by atomic mass is 14.7. The lowest BCUT2D eigenvalue weighted by Gasteiger charge is -2.15. The normalized spacial score (nSPS) is 24.6. The molecule has 0 aromatic carbocycles. The first-order valence-corrected chi connectivity index (χ1v) is 5.54. The van der Waals surface area contributed by atoms with E-state index < -0.39 is 0 Å². The molecule has 0 radical (unpaired) electrons. The summed E-state index contributed by atoms with van der Waals surface area (Å²) in [6.45, 7) is 4.14. The van der Waals surface area contributed by atoms with Crippen molar-refractivity contribution in [1.82, 2.24) is 0 Å². The molecule has 2 aliphatic rings. The van der Waals surface area contributed by atoms with Crippen molar-refractivity contribution < 1.29 is 0 Å². The first-order valence-electron chi connectivity index (χ1n) is 5.54. The van der Waals surface area contributed by atoms with Gasteiger partial charge in [0.15, 0.2) is 0 Å². The van der Waals surface area contributed by atoms with Gasteiger partial charge in [-0.2, -0.15) is 0 Å². The van der Waals surface area contributed by atoms with Gasteiger partial charge in [0.1, 0.15) is 0 Å². The minimum absolute atomic E-state index is 0.123. The molecule has 1 heteroatoms. The van der Waals surface area contributed by atoms with Crippen LogP contribution in [0.15, 0.2) is 12.2 Å². The molecule has 0 aromatic heterocycles. The molecule has 0 aliphatic heterocycles. The Morgan fingerprint density at radius 3 is 1.92 bits per heavy atom. The summed E-state index contributed by atoms with van der Waals surface area (Å²) in [4.78, 5) is 0. The summed E-state index contributed by atoms with van der Waals surface area (Å²) >= 11 is 0. The van der Waals surface area contributed by atoms with Crippen molar-refractivity contribution in [2.75, 3.05) is 0 Å². The summed E-state index contributed by atoms with van der Waals surface area (Å²) in [5.74, 6) is 2.88. The molecule has 0 heterocycles. The van der Waals surface area contributed by atoms with Gasteiger partial charge in [0.2, 0.25) is 0 Å². The largest absolute Gasteiger partial charge is 0.322 e. The monoisotopic (exact) mass is 179 g/mol. The van der Waals surface area contributed by atoms with E-state index in [2.05, 4.69) is 26.0 Å². The standard InChI is InChI=1S/C12H21N/c1-12(2,13)8-7-11(9-3-4-9)10-5-6-10/h7-11H,3-6,13H2,1-2H3/b8-7+. The molecule has 0 bridgehead atoms. The maximum atomic E-state index is 5.94. The summed E-state index contributed by atoms with van der Waals surface area (Å²) in [6.07, 6.45) is 10.4. The quantitative estimate of drug-likeness (QED) is 0.660. The van der Waals surface area contributed by atoms with Crippen molar-refractivity contribution in [1.29, 1.82) is 0 Å². The van der Waals surface area contributed by atoms with Crippen LogP contribution in [0.5, 0.6) is 0 Å². The highest BCUT2D eigenvalue weighted by Gasteiger charge is 2.39. The van der Waals surface area contributed by atoms with E-state index in [1.54, 1.807) is 0 Å². The van der Waals surface area contributed by atoms with E-state index in [0.29, 0.717) is 0 Å². The van der Waals surface area contributed by atoms with Crippen LogP contribution in [-0.4, -0.2) is 5.54 Å². The lowest BCUT2D eigenvalue weighted by molar-refractivity contribution is 0.495. The average Bonchev–Trinajstić information content (AvgIpc) is 2.80. The Morgan fingerprint density at radius 1 is 1.15 bits per heavy atom. The van der Waals surface area contributed by atoms with Crippen LogP contribution in [0.4, 0.5) is 0 Å². The molecule has 2 fully saturated rings. The fourth-order valence-corrected chi connectivity index (χ4v) is 2.02. The summed E-state index contributed by atoms with van der Waals surface area (Å²) in [7, 11) is 0. The van der Waals surface area contributed by atoms with Crippen molar-refractivity contribution in [3.8, 4) is 0 Å². The number of hydrogen-bond donors (Lipinski definition) is 1. The Morgan fingerprint density at radius 2 is 1.62 bits per heavy atom. The van der Waals surface area contributed by atoms with Crippen LogP contribution in [0.1, 0.15) is 39.5 Å². The summed E-state index contributed by atoms with van der Waals surface area (Å²) < 4.78 is 0. The Hall–Kier alpha value is -0.300. The van der Waals surface area contributed by atoms with Gasteiger partial charge in [0.05, 0.1) is 0 Å². The topological polar surface area (TPSA) is 26.0 Å². The highest BCUT2D eigenvalue weighted by molar-refractivity contribution is 5.08. The van der Waals surface area contributed by atoms with Gasteiger partial charge in [-0.15, -0.1) is 0 Å². The van der Waals surface area contributed by atoms with Crippen LogP contribution >= 0.6 is 0 Å². The second-order valence-electron chi connectivity index (χ2n) is 5.43. The lowest BCUT2D eigenvalue weighted by Crippen LogP contribution is -2.29. The average molecular weight is 179 g/mol. The summed E-state index contributed by atoms with van der Waals surface area (Å²) in [5.41, 5.74) is 5.82. The van der Waals surface area contributed by atoms with E-state index >= 15 is 0 Å². The molecule has 2 N–H and O–H groups in total. The maximum Gasteiger partial charge on any atom is 0.0281 e. The first-order chi connectivity index (χ1) is 6.06. The Bertz CT molecular complexity index is 192. The zero-order chi connectivity index (χ0) is 9.47. The zero-order valence-electron chi connectivity index (χ0n) is 8.79. The molecule has 13 heavy (non-hydrogen) atoms. The van der Waals surface area contributed by atoms with Gasteiger partial charge in [-0.3, -0.25) is 0 Å². The fourth-order valence-electron chi connectivity index (χ4n) is 2.02. The molecule has 0 aromatic rings. The predicted octanol–water partition coefficient (Wildman–Crippen LogP) is 2.72. The minimum Gasteiger partial charge on any atom is -0.322 e. The third-order valence-corrected chi connectivity index (χ3v) is 3.08. The van der Waals surface area contributed by atoms with Crippen molar-refractivity contribution >= 4 is 0 Å².